The van der Waals surface area contributed by atoms with Gasteiger partial charge in [-0.2, -0.15) is 0 Å². The third-order valence-corrected chi connectivity index (χ3v) is 3.47. The molecule has 2 N–H and O–H groups in total. The first-order valence-corrected chi connectivity index (χ1v) is 7.56. The second-order valence-corrected chi connectivity index (χ2v) is 5.16. The molecule has 18 heavy (non-hydrogen) atoms. The fourth-order valence-electron chi connectivity index (χ4n) is 1.80. The summed E-state index contributed by atoms with van der Waals surface area (Å²) in [4.78, 5) is 12.9. The van der Waals surface area contributed by atoms with Gasteiger partial charge in [0, 0.05) is 16.6 Å². The second kappa shape index (κ2) is 8.03. The first-order valence-electron chi connectivity index (χ1n) is 6.33. The Kier molecular flexibility index (Phi) is 6.65. The van der Waals surface area contributed by atoms with Gasteiger partial charge in [-0.25, -0.2) is 0 Å². The van der Waals surface area contributed by atoms with Crippen LogP contribution in [0.3, 0.4) is 0 Å². The molecule has 1 amide bonds. The summed E-state index contributed by atoms with van der Waals surface area (Å²) in [6, 6.07) is 8.26. The van der Waals surface area contributed by atoms with Crippen LogP contribution >= 0.6 is 11.8 Å². The fraction of sp³-hybridized carbons (Fsp3) is 0.500. The summed E-state index contributed by atoms with van der Waals surface area (Å²) in [5.41, 5.74) is 1.02. The van der Waals surface area contributed by atoms with Crippen molar-refractivity contribution >= 4 is 23.4 Å². The molecular formula is C14H22N2OS. The molecule has 0 saturated heterocycles. The quantitative estimate of drug-likeness (QED) is 0.745. The SMILES string of the molecule is CCCC(C)NC(=O)CNc1ccccc1SC. The van der Waals surface area contributed by atoms with Gasteiger partial charge < -0.3 is 10.6 Å². The summed E-state index contributed by atoms with van der Waals surface area (Å²) in [5, 5.41) is 6.16. The largest absolute Gasteiger partial charge is 0.375 e. The summed E-state index contributed by atoms with van der Waals surface area (Å²) >= 11 is 1.67. The van der Waals surface area contributed by atoms with E-state index < -0.39 is 0 Å². The average molecular weight is 266 g/mol. The van der Waals surface area contributed by atoms with Gasteiger partial charge in [-0.05, 0) is 31.7 Å². The number of rotatable bonds is 7. The normalized spacial score (nSPS) is 11.9. The monoisotopic (exact) mass is 266 g/mol. The summed E-state index contributed by atoms with van der Waals surface area (Å²) in [6.45, 7) is 4.48. The Hall–Kier alpha value is -1.16. The van der Waals surface area contributed by atoms with Crippen molar-refractivity contribution in [1.29, 1.82) is 0 Å². The summed E-state index contributed by atoms with van der Waals surface area (Å²) < 4.78 is 0. The summed E-state index contributed by atoms with van der Waals surface area (Å²) in [6.07, 6.45) is 4.14. The molecular weight excluding hydrogens is 244 g/mol. The van der Waals surface area contributed by atoms with Crippen molar-refractivity contribution in [2.45, 2.75) is 37.6 Å². The molecule has 1 aromatic carbocycles. The van der Waals surface area contributed by atoms with E-state index in [0.717, 1.165) is 23.4 Å². The lowest BCUT2D eigenvalue weighted by molar-refractivity contribution is -0.120. The number of carbonyl (C=O) groups is 1. The minimum absolute atomic E-state index is 0.0480. The summed E-state index contributed by atoms with van der Waals surface area (Å²) in [7, 11) is 0. The van der Waals surface area contributed by atoms with Gasteiger partial charge in [0.05, 0.1) is 6.54 Å². The Bertz CT molecular complexity index is 382. The van der Waals surface area contributed by atoms with Crippen molar-refractivity contribution in [2.24, 2.45) is 0 Å². The number of hydrogen-bond acceptors (Lipinski definition) is 3. The fourth-order valence-corrected chi connectivity index (χ4v) is 2.37. The first kappa shape index (κ1) is 14.9. The minimum atomic E-state index is 0.0480. The van der Waals surface area contributed by atoms with Crippen LogP contribution < -0.4 is 10.6 Å². The van der Waals surface area contributed by atoms with Crippen LogP contribution in [0, 0.1) is 0 Å². The molecule has 1 atom stereocenters. The van der Waals surface area contributed by atoms with E-state index in [0.29, 0.717) is 6.54 Å². The van der Waals surface area contributed by atoms with Crippen LogP contribution in [0.15, 0.2) is 29.2 Å². The van der Waals surface area contributed by atoms with Crippen LogP contribution in [0.4, 0.5) is 5.69 Å². The second-order valence-electron chi connectivity index (χ2n) is 4.31. The van der Waals surface area contributed by atoms with Gasteiger partial charge in [-0.3, -0.25) is 4.79 Å². The predicted molar refractivity (Wildman–Crippen MR) is 79.2 cm³/mol. The van der Waals surface area contributed by atoms with E-state index in [1.165, 1.54) is 0 Å². The van der Waals surface area contributed by atoms with Gasteiger partial charge >= 0.3 is 0 Å². The zero-order chi connectivity index (χ0) is 13.4. The molecule has 0 aliphatic rings. The highest BCUT2D eigenvalue weighted by Crippen LogP contribution is 2.24. The van der Waals surface area contributed by atoms with Gasteiger partial charge in [-0.15, -0.1) is 11.8 Å². The first-order chi connectivity index (χ1) is 8.67. The smallest absolute Gasteiger partial charge is 0.239 e. The Labute approximate surface area is 114 Å². The molecule has 100 valence electrons. The summed E-state index contributed by atoms with van der Waals surface area (Å²) in [5.74, 6) is 0.0480. The van der Waals surface area contributed by atoms with E-state index in [4.69, 9.17) is 0 Å². The third-order valence-electron chi connectivity index (χ3n) is 2.68. The van der Waals surface area contributed by atoms with Crippen LogP contribution in [0.2, 0.25) is 0 Å². The van der Waals surface area contributed by atoms with Crippen LogP contribution in [0.25, 0.3) is 0 Å². The van der Waals surface area contributed by atoms with Gasteiger partial charge in [0.25, 0.3) is 0 Å². The number of anilines is 1. The molecule has 0 fully saturated rings. The predicted octanol–water partition coefficient (Wildman–Crippen LogP) is 3.13. The van der Waals surface area contributed by atoms with Crippen molar-refractivity contribution in [2.75, 3.05) is 18.1 Å². The molecule has 0 heterocycles. The van der Waals surface area contributed by atoms with Gasteiger partial charge in [0.15, 0.2) is 0 Å². The van der Waals surface area contributed by atoms with E-state index in [9.17, 15) is 4.79 Å². The number of hydrogen-bond donors (Lipinski definition) is 2. The number of thioether (sulfide) groups is 1. The molecule has 1 unspecified atom stereocenters. The van der Waals surface area contributed by atoms with E-state index in [1.807, 2.05) is 37.4 Å². The van der Waals surface area contributed by atoms with Crippen LogP contribution in [0.5, 0.6) is 0 Å². The van der Waals surface area contributed by atoms with Crippen molar-refractivity contribution in [3.63, 3.8) is 0 Å². The Morgan fingerprint density at radius 2 is 2.11 bits per heavy atom. The molecule has 4 heteroatoms. The highest BCUT2D eigenvalue weighted by Gasteiger charge is 2.07. The lowest BCUT2D eigenvalue weighted by Crippen LogP contribution is -2.36. The molecule has 1 rings (SSSR count). The molecule has 0 aromatic heterocycles. The van der Waals surface area contributed by atoms with E-state index in [2.05, 4.69) is 17.6 Å². The highest BCUT2D eigenvalue weighted by atomic mass is 32.2. The van der Waals surface area contributed by atoms with Crippen molar-refractivity contribution < 1.29 is 4.79 Å². The van der Waals surface area contributed by atoms with E-state index in [-0.39, 0.29) is 11.9 Å². The number of para-hydroxylation sites is 1. The minimum Gasteiger partial charge on any atom is -0.375 e. The molecule has 0 spiro atoms. The Morgan fingerprint density at radius 1 is 1.39 bits per heavy atom. The average Bonchev–Trinajstić information content (AvgIpc) is 2.37. The molecule has 0 saturated carbocycles. The molecule has 0 radical (unpaired) electrons. The molecule has 3 nitrogen and oxygen atoms in total. The van der Waals surface area contributed by atoms with Crippen LogP contribution in [0.1, 0.15) is 26.7 Å². The lowest BCUT2D eigenvalue weighted by atomic mass is 10.2. The van der Waals surface area contributed by atoms with Gasteiger partial charge in [-0.1, -0.05) is 25.5 Å². The maximum absolute atomic E-state index is 11.7. The zero-order valence-electron chi connectivity index (χ0n) is 11.3. The topological polar surface area (TPSA) is 41.1 Å². The Morgan fingerprint density at radius 3 is 2.78 bits per heavy atom. The number of amides is 1. The maximum atomic E-state index is 11.7. The number of nitrogens with one attached hydrogen (secondary N) is 2. The highest BCUT2D eigenvalue weighted by molar-refractivity contribution is 7.98. The zero-order valence-corrected chi connectivity index (χ0v) is 12.1. The maximum Gasteiger partial charge on any atom is 0.239 e. The van der Waals surface area contributed by atoms with Crippen molar-refractivity contribution in [3.05, 3.63) is 24.3 Å². The van der Waals surface area contributed by atoms with Crippen LogP contribution in [-0.2, 0) is 4.79 Å². The standard InChI is InChI=1S/C14H22N2OS/c1-4-7-11(2)16-14(17)10-15-12-8-5-6-9-13(12)18-3/h5-6,8-9,11,15H,4,7,10H2,1-3H3,(H,16,17). The third kappa shape index (κ3) is 5.00. The van der Waals surface area contributed by atoms with Crippen molar-refractivity contribution in [1.82, 2.24) is 5.32 Å². The molecule has 0 bridgehead atoms. The molecule has 0 aliphatic carbocycles. The Balaban J connectivity index is 2.42. The lowest BCUT2D eigenvalue weighted by Gasteiger charge is -2.14. The van der Waals surface area contributed by atoms with Crippen LogP contribution in [-0.4, -0.2) is 24.7 Å². The molecule has 1 aromatic rings. The molecule has 0 aliphatic heterocycles. The number of carbonyl (C=O) groups excluding carboxylic acids is 1. The van der Waals surface area contributed by atoms with Gasteiger partial charge in [0.1, 0.15) is 0 Å². The van der Waals surface area contributed by atoms with Gasteiger partial charge in [0.2, 0.25) is 5.91 Å². The number of benzene rings is 1. The van der Waals surface area contributed by atoms with E-state index >= 15 is 0 Å². The van der Waals surface area contributed by atoms with Crippen molar-refractivity contribution in [3.8, 4) is 0 Å². The van der Waals surface area contributed by atoms with E-state index in [1.54, 1.807) is 11.8 Å².